The SMILES string of the molecule is C[C@@H]1C(=O)O[C@@H]2C[C@@]1(C)[C@@H]1C(=O)[C@]3(O)O[C@@]14[C@@](O)(CC[C@H]1[C@H]3[C@H](O)C=C3C=CCC(=O)[C@@]31C)C(=O)O[C@@]24C. The molecular weight excluding hydrogens is 496 g/mol. The summed E-state index contributed by atoms with van der Waals surface area (Å²) in [5.41, 5.74) is -8.02. The number of fused-ring (bicyclic) bond motifs is 9. The topological polar surface area (TPSA) is 157 Å². The van der Waals surface area contributed by atoms with Crippen molar-refractivity contribution in [1.82, 2.24) is 0 Å². The molecular formula is C28H32O10. The van der Waals surface area contributed by atoms with Crippen molar-refractivity contribution in [3.05, 3.63) is 23.8 Å². The van der Waals surface area contributed by atoms with Crippen LogP contribution in [0.25, 0.3) is 0 Å². The molecule has 38 heavy (non-hydrogen) atoms. The maximum absolute atomic E-state index is 14.6. The normalized spacial score (nSPS) is 58.1. The van der Waals surface area contributed by atoms with Crippen LogP contribution in [0.3, 0.4) is 0 Å². The molecule has 4 saturated heterocycles. The average Bonchev–Trinajstić information content (AvgIpc) is 3.19. The lowest BCUT2D eigenvalue weighted by molar-refractivity contribution is -0.350. The predicted octanol–water partition coefficient (Wildman–Crippen LogP) is 0.510. The number of carbonyl (C=O) groups excluding carboxylic acids is 4. The van der Waals surface area contributed by atoms with Crippen molar-refractivity contribution < 1.29 is 48.7 Å². The maximum Gasteiger partial charge on any atom is 0.342 e. The van der Waals surface area contributed by atoms with Crippen LogP contribution in [0.15, 0.2) is 23.8 Å². The lowest BCUT2D eigenvalue weighted by atomic mass is 9.46. The molecule has 12 atom stereocenters. The summed E-state index contributed by atoms with van der Waals surface area (Å²) in [6.07, 6.45) is 2.64. The largest absolute Gasteiger partial charge is 0.458 e. The highest BCUT2D eigenvalue weighted by Crippen LogP contribution is 2.73. The van der Waals surface area contributed by atoms with Crippen LogP contribution in [0.1, 0.15) is 53.4 Å². The molecule has 0 aromatic carbocycles. The molecule has 0 amide bonds. The van der Waals surface area contributed by atoms with Gasteiger partial charge in [-0.2, -0.15) is 0 Å². The lowest BCUT2D eigenvalue weighted by Crippen LogP contribution is -2.78. The van der Waals surface area contributed by atoms with Gasteiger partial charge in [0.1, 0.15) is 11.9 Å². The third kappa shape index (κ3) is 2.19. The molecule has 3 aliphatic carbocycles. The molecule has 1 saturated carbocycles. The number of rotatable bonds is 0. The summed E-state index contributed by atoms with van der Waals surface area (Å²) in [7, 11) is 0. The van der Waals surface area contributed by atoms with Gasteiger partial charge in [-0.05, 0) is 50.0 Å². The Kier molecular flexibility index (Phi) is 4.31. The van der Waals surface area contributed by atoms with Gasteiger partial charge >= 0.3 is 11.9 Å². The molecule has 4 bridgehead atoms. The third-order valence-corrected chi connectivity index (χ3v) is 11.8. The molecule has 7 rings (SSSR count). The quantitative estimate of drug-likeness (QED) is 0.379. The number of aliphatic hydroxyl groups is 3. The van der Waals surface area contributed by atoms with Gasteiger partial charge in [0.2, 0.25) is 5.79 Å². The van der Waals surface area contributed by atoms with Gasteiger partial charge in [-0.15, -0.1) is 0 Å². The highest BCUT2D eigenvalue weighted by Gasteiger charge is 2.92. The summed E-state index contributed by atoms with van der Waals surface area (Å²) < 4.78 is 18.0. The fourth-order valence-corrected chi connectivity index (χ4v) is 9.48. The van der Waals surface area contributed by atoms with Crippen LogP contribution in [0.4, 0.5) is 0 Å². The van der Waals surface area contributed by atoms with Gasteiger partial charge in [0, 0.05) is 6.42 Å². The van der Waals surface area contributed by atoms with E-state index in [2.05, 4.69) is 0 Å². The molecule has 0 aromatic rings. The second-order valence-corrected chi connectivity index (χ2v) is 13.1. The van der Waals surface area contributed by atoms with Crippen molar-refractivity contribution in [2.75, 3.05) is 0 Å². The van der Waals surface area contributed by atoms with Crippen molar-refractivity contribution in [3.63, 3.8) is 0 Å². The Morgan fingerprint density at radius 3 is 2.50 bits per heavy atom. The summed E-state index contributed by atoms with van der Waals surface area (Å²) in [5.74, 6) is -9.49. The zero-order valence-electron chi connectivity index (χ0n) is 21.7. The molecule has 10 nitrogen and oxygen atoms in total. The zero-order valence-corrected chi connectivity index (χ0v) is 21.7. The third-order valence-electron chi connectivity index (χ3n) is 11.8. The first-order valence-electron chi connectivity index (χ1n) is 13.4. The number of hydrogen-bond acceptors (Lipinski definition) is 10. The minimum absolute atomic E-state index is 0.0287. The Morgan fingerprint density at radius 1 is 1.08 bits per heavy atom. The highest BCUT2D eigenvalue weighted by molar-refractivity contribution is 5.99. The molecule has 3 N–H and O–H groups in total. The van der Waals surface area contributed by atoms with E-state index in [1.165, 1.54) is 13.0 Å². The van der Waals surface area contributed by atoms with Gasteiger partial charge in [0.05, 0.1) is 29.3 Å². The fourth-order valence-electron chi connectivity index (χ4n) is 9.48. The molecule has 0 radical (unpaired) electrons. The molecule has 0 unspecified atom stereocenters. The first-order chi connectivity index (χ1) is 17.6. The van der Waals surface area contributed by atoms with Gasteiger partial charge in [0.15, 0.2) is 22.6 Å². The first-order valence-corrected chi connectivity index (χ1v) is 13.4. The number of ketones is 2. The van der Waals surface area contributed by atoms with Crippen LogP contribution < -0.4 is 0 Å². The van der Waals surface area contributed by atoms with E-state index < -0.39 is 87.0 Å². The minimum atomic E-state index is -2.67. The number of hydrogen-bond donors (Lipinski definition) is 3. The van der Waals surface area contributed by atoms with Crippen molar-refractivity contribution in [2.24, 2.45) is 34.5 Å². The zero-order chi connectivity index (χ0) is 27.4. The van der Waals surface area contributed by atoms with Crippen LogP contribution in [0.5, 0.6) is 0 Å². The molecule has 1 spiro atoms. The number of ether oxygens (including phenoxy) is 3. The molecule has 10 heteroatoms. The van der Waals surface area contributed by atoms with Crippen LogP contribution in [0.2, 0.25) is 0 Å². The number of allylic oxidation sites excluding steroid dienone is 3. The molecule has 204 valence electrons. The predicted molar refractivity (Wildman–Crippen MR) is 126 cm³/mol. The number of aliphatic hydroxyl groups excluding tert-OH is 1. The van der Waals surface area contributed by atoms with E-state index in [4.69, 9.17) is 14.2 Å². The van der Waals surface area contributed by atoms with Crippen LogP contribution in [-0.2, 0) is 33.4 Å². The Bertz CT molecular complexity index is 1300. The smallest absolute Gasteiger partial charge is 0.342 e. The van der Waals surface area contributed by atoms with Gasteiger partial charge in [-0.1, -0.05) is 32.1 Å². The van der Waals surface area contributed by atoms with E-state index in [-0.39, 0.29) is 31.5 Å². The van der Waals surface area contributed by atoms with E-state index in [9.17, 15) is 34.5 Å². The van der Waals surface area contributed by atoms with Crippen LogP contribution >= 0.6 is 0 Å². The van der Waals surface area contributed by atoms with Crippen molar-refractivity contribution >= 4 is 23.5 Å². The summed E-state index contributed by atoms with van der Waals surface area (Å²) in [4.78, 5) is 54.6. The second kappa shape index (κ2) is 6.66. The lowest BCUT2D eigenvalue weighted by Gasteiger charge is -2.61. The van der Waals surface area contributed by atoms with Gasteiger partial charge in [0.25, 0.3) is 0 Å². The second-order valence-electron chi connectivity index (χ2n) is 13.1. The van der Waals surface area contributed by atoms with E-state index in [1.807, 2.05) is 0 Å². The van der Waals surface area contributed by atoms with Gasteiger partial charge in [-0.3, -0.25) is 14.4 Å². The Balaban J connectivity index is 1.52. The highest BCUT2D eigenvalue weighted by atomic mass is 16.7. The van der Waals surface area contributed by atoms with Crippen LogP contribution in [-0.4, -0.2) is 73.6 Å². The summed E-state index contributed by atoms with van der Waals surface area (Å²) in [5, 5.41) is 36.1. The van der Waals surface area contributed by atoms with E-state index in [1.54, 1.807) is 32.9 Å². The first kappa shape index (κ1) is 24.6. The number of carbonyl (C=O) groups is 4. The van der Waals surface area contributed by atoms with E-state index >= 15 is 0 Å². The summed E-state index contributed by atoms with van der Waals surface area (Å²) >= 11 is 0. The monoisotopic (exact) mass is 528 g/mol. The molecule has 5 fully saturated rings. The number of Topliss-reactive ketones (excluding diaryl/α,β-unsaturated/α-hetero) is 2. The average molecular weight is 529 g/mol. The summed E-state index contributed by atoms with van der Waals surface area (Å²) in [6, 6.07) is 0. The van der Waals surface area contributed by atoms with Crippen LogP contribution in [0, 0.1) is 34.5 Å². The van der Waals surface area contributed by atoms with Gasteiger partial charge in [-0.25, -0.2) is 4.79 Å². The van der Waals surface area contributed by atoms with E-state index in [0.29, 0.717) is 5.57 Å². The van der Waals surface area contributed by atoms with Crippen molar-refractivity contribution in [2.45, 2.75) is 88.2 Å². The molecule has 0 aromatic heterocycles. The maximum atomic E-state index is 14.6. The molecule has 4 heterocycles. The Morgan fingerprint density at radius 2 is 1.79 bits per heavy atom. The van der Waals surface area contributed by atoms with E-state index in [0.717, 1.165) is 0 Å². The molecule has 7 aliphatic rings. The summed E-state index contributed by atoms with van der Waals surface area (Å²) in [6.45, 7) is 6.53. The Hall–Kier alpha value is -2.40. The van der Waals surface area contributed by atoms with Crippen molar-refractivity contribution in [1.29, 1.82) is 0 Å². The fraction of sp³-hybridized carbons (Fsp3) is 0.714. The standard InChI is InChI=1S/C28H32O10/c1-12-21(32)36-17-11-23(12,2)19-20(31)27(35)18-14(24(3)13(10-15(18)29)6-5-7-16(24)30)8-9-26(34)22(33)37-25(17,4)28(19,26)38-27/h5-6,10,12,14-15,17-19,29,34-35H,7-9,11H2,1-4H3/t12-,14+,15-,17-,18+,19+,23-,24+,25+,26-,27-,28+/m1/s1. The number of esters is 2. The van der Waals surface area contributed by atoms with Gasteiger partial charge < -0.3 is 29.5 Å². The van der Waals surface area contributed by atoms with Crippen molar-refractivity contribution in [3.8, 4) is 0 Å². The minimum Gasteiger partial charge on any atom is -0.458 e. The molecule has 4 aliphatic heterocycles. The Labute approximate surface area is 219 Å².